The van der Waals surface area contributed by atoms with E-state index in [2.05, 4.69) is 93.7 Å². The van der Waals surface area contributed by atoms with Gasteiger partial charge in [0.15, 0.2) is 6.10 Å². The summed E-state index contributed by atoms with van der Waals surface area (Å²) < 4.78 is 16.9. The zero-order valence-electron chi connectivity index (χ0n) is 51.9. The van der Waals surface area contributed by atoms with E-state index in [9.17, 15) is 14.4 Å². The fraction of sp³-hybridized carbons (Fsp3) is 0.792. The maximum absolute atomic E-state index is 12.9. The number of hydrogen-bond acceptors (Lipinski definition) is 6. The summed E-state index contributed by atoms with van der Waals surface area (Å²) in [6.45, 7) is 6.58. The molecule has 1 unspecified atom stereocenters. The zero-order chi connectivity index (χ0) is 56.4. The number of carbonyl (C=O) groups excluding carboxylic acids is 3. The van der Waals surface area contributed by atoms with Crippen molar-refractivity contribution in [3.63, 3.8) is 0 Å². The summed E-state index contributed by atoms with van der Waals surface area (Å²) in [6, 6.07) is 0. The molecule has 0 amide bonds. The SMILES string of the molecule is CCC/C=C\C/C=C\CCCCCCCC(=O)OCC(COC(=O)CCCCCCCCCCCCCCCCCC/C=C\C/C=C\C/C=C\CCCCCCC)OC(=O)CCCCCCC/C=C\CCCCCCCCC. The fourth-order valence-electron chi connectivity index (χ4n) is 9.78. The van der Waals surface area contributed by atoms with Gasteiger partial charge in [0, 0.05) is 19.3 Å². The Bertz CT molecular complexity index is 1440. The molecular weight excluding hydrogens is 961 g/mol. The molecule has 0 aromatic carbocycles. The summed E-state index contributed by atoms with van der Waals surface area (Å²) in [4.78, 5) is 38.3. The van der Waals surface area contributed by atoms with E-state index in [1.807, 2.05) is 0 Å². The summed E-state index contributed by atoms with van der Waals surface area (Å²) in [5.74, 6) is -0.888. The van der Waals surface area contributed by atoms with Crippen molar-refractivity contribution in [2.24, 2.45) is 0 Å². The summed E-state index contributed by atoms with van der Waals surface area (Å²) in [5.41, 5.74) is 0. The third kappa shape index (κ3) is 63.7. The fourth-order valence-corrected chi connectivity index (χ4v) is 9.78. The van der Waals surface area contributed by atoms with Crippen LogP contribution in [0.1, 0.15) is 348 Å². The second-order valence-electron chi connectivity index (χ2n) is 22.7. The molecule has 0 N–H and O–H groups in total. The Morgan fingerprint density at radius 2 is 0.487 bits per heavy atom. The van der Waals surface area contributed by atoms with E-state index in [1.54, 1.807) is 0 Å². The highest BCUT2D eigenvalue weighted by atomic mass is 16.6. The number of rotatable bonds is 62. The summed E-state index contributed by atoms with van der Waals surface area (Å²) in [6.07, 6.45) is 86.4. The average molecular weight is 1090 g/mol. The van der Waals surface area contributed by atoms with E-state index in [0.29, 0.717) is 19.3 Å². The number of esters is 3. The topological polar surface area (TPSA) is 78.9 Å². The molecule has 6 nitrogen and oxygen atoms in total. The number of unbranched alkanes of at least 4 members (excludes halogenated alkanes) is 39. The maximum atomic E-state index is 12.9. The van der Waals surface area contributed by atoms with Crippen LogP contribution in [0.4, 0.5) is 0 Å². The minimum atomic E-state index is -0.785. The molecular formula is C72H128O6. The van der Waals surface area contributed by atoms with Gasteiger partial charge in [0.05, 0.1) is 0 Å². The Kier molecular flexibility index (Phi) is 63.7. The molecule has 0 heterocycles. The van der Waals surface area contributed by atoms with Crippen LogP contribution in [0, 0.1) is 0 Å². The Hall–Kier alpha value is -3.15. The van der Waals surface area contributed by atoms with Gasteiger partial charge in [-0.3, -0.25) is 14.4 Å². The van der Waals surface area contributed by atoms with Crippen molar-refractivity contribution in [1.29, 1.82) is 0 Å². The van der Waals surface area contributed by atoms with Gasteiger partial charge in [0.1, 0.15) is 13.2 Å². The Balaban J connectivity index is 4.19. The molecule has 0 rings (SSSR count). The molecule has 0 radical (unpaired) electrons. The van der Waals surface area contributed by atoms with Crippen LogP contribution in [-0.2, 0) is 28.6 Å². The number of hydrogen-bond donors (Lipinski definition) is 0. The Morgan fingerprint density at radius 3 is 0.782 bits per heavy atom. The van der Waals surface area contributed by atoms with Crippen molar-refractivity contribution in [2.75, 3.05) is 13.2 Å². The van der Waals surface area contributed by atoms with Crippen molar-refractivity contribution in [1.82, 2.24) is 0 Å². The van der Waals surface area contributed by atoms with Crippen LogP contribution in [0.25, 0.3) is 0 Å². The second-order valence-corrected chi connectivity index (χ2v) is 22.7. The molecule has 0 aromatic rings. The smallest absolute Gasteiger partial charge is 0.306 e. The highest BCUT2D eigenvalue weighted by Gasteiger charge is 2.19. The van der Waals surface area contributed by atoms with Crippen LogP contribution < -0.4 is 0 Å². The van der Waals surface area contributed by atoms with Crippen LogP contribution in [0.3, 0.4) is 0 Å². The van der Waals surface area contributed by atoms with E-state index < -0.39 is 6.10 Å². The Morgan fingerprint density at radius 1 is 0.256 bits per heavy atom. The molecule has 0 fully saturated rings. The first-order valence-electron chi connectivity index (χ1n) is 33.9. The van der Waals surface area contributed by atoms with Gasteiger partial charge in [-0.15, -0.1) is 0 Å². The van der Waals surface area contributed by atoms with Crippen LogP contribution in [-0.4, -0.2) is 37.2 Å². The van der Waals surface area contributed by atoms with E-state index in [4.69, 9.17) is 14.2 Å². The number of ether oxygens (including phenoxy) is 3. The molecule has 0 aliphatic heterocycles. The molecule has 0 aromatic heterocycles. The zero-order valence-corrected chi connectivity index (χ0v) is 51.9. The first-order valence-corrected chi connectivity index (χ1v) is 33.9. The van der Waals surface area contributed by atoms with Crippen LogP contribution in [0.15, 0.2) is 72.9 Å². The number of carbonyl (C=O) groups is 3. The summed E-state index contributed by atoms with van der Waals surface area (Å²) >= 11 is 0. The van der Waals surface area contributed by atoms with Gasteiger partial charge in [-0.25, -0.2) is 0 Å². The van der Waals surface area contributed by atoms with Crippen molar-refractivity contribution in [2.45, 2.75) is 354 Å². The predicted octanol–water partition coefficient (Wildman–Crippen LogP) is 23.3. The summed E-state index contributed by atoms with van der Waals surface area (Å²) in [5, 5.41) is 0. The van der Waals surface area contributed by atoms with Crippen molar-refractivity contribution in [3.8, 4) is 0 Å². The highest BCUT2D eigenvalue weighted by molar-refractivity contribution is 5.71. The lowest BCUT2D eigenvalue weighted by molar-refractivity contribution is -0.167. The molecule has 0 spiro atoms. The van der Waals surface area contributed by atoms with Gasteiger partial charge in [-0.2, -0.15) is 0 Å². The molecule has 0 bridgehead atoms. The third-order valence-electron chi connectivity index (χ3n) is 14.9. The van der Waals surface area contributed by atoms with E-state index in [-0.39, 0.29) is 31.1 Å². The lowest BCUT2D eigenvalue weighted by Gasteiger charge is -2.18. The second kappa shape index (κ2) is 66.4. The first-order chi connectivity index (χ1) is 38.5. The molecule has 452 valence electrons. The molecule has 6 heteroatoms. The molecule has 0 aliphatic carbocycles. The van der Waals surface area contributed by atoms with Crippen molar-refractivity contribution < 1.29 is 28.6 Å². The monoisotopic (exact) mass is 1090 g/mol. The lowest BCUT2D eigenvalue weighted by atomic mass is 10.0. The van der Waals surface area contributed by atoms with Crippen LogP contribution >= 0.6 is 0 Å². The predicted molar refractivity (Wildman–Crippen MR) is 339 cm³/mol. The quantitative estimate of drug-likeness (QED) is 0.0261. The van der Waals surface area contributed by atoms with Crippen LogP contribution in [0.5, 0.6) is 0 Å². The number of allylic oxidation sites excluding steroid dienone is 12. The minimum Gasteiger partial charge on any atom is -0.462 e. The van der Waals surface area contributed by atoms with Gasteiger partial charge >= 0.3 is 17.9 Å². The molecule has 0 saturated heterocycles. The van der Waals surface area contributed by atoms with Gasteiger partial charge < -0.3 is 14.2 Å². The van der Waals surface area contributed by atoms with Gasteiger partial charge in [0.25, 0.3) is 0 Å². The van der Waals surface area contributed by atoms with E-state index in [0.717, 1.165) is 109 Å². The molecule has 78 heavy (non-hydrogen) atoms. The van der Waals surface area contributed by atoms with Gasteiger partial charge in [-0.1, -0.05) is 293 Å². The normalized spacial score (nSPS) is 12.5. The summed E-state index contributed by atoms with van der Waals surface area (Å²) in [7, 11) is 0. The Labute approximate surface area is 484 Å². The van der Waals surface area contributed by atoms with Crippen molar-refractivity contribution >= 4 is 17.9 Å². The van der Waals surface area contributed by atoms with E-state index >= 15 is 0 Å². The average Bonchev–Trinajstić information content (AvgIpc) is 3.44. The van der Waals surface area contributed by atoms with Gasteiger partial charge in [-0.05, 0) is 109 Å². The van der Waals surface area contributed by atoms with E-state index in [1.165, 1.54) is 199 Å². The highest BCUT2D eigenvalue weighted by Crippen LogP contribution is 2.17. The van der Waals surface area contributed by atoms with Crippen molar-refractivity contribution in [3.05, 3.63) is 72.9 Å². The molecule has 1 atom stereocenters. The third-order valence-corrected chi connectivity index (χ3v) is 14.9. The van der Waals surface area contributed by atoms with Gasteiger partial charge in [0.2, 0.25) is 0 Å². The molecule has 0 aliphatic rings. The first kappa shape index (κ1) is 74.8. The molecule has 0 saturated carbocycles. The maximum Gasteiger partial charge on any atom is 0.306 e. The lowest BCUT2D eigenvalue weighted by Crippen LogP contribution is -2.30. The minimum absolute atomic E-state index is 0.0807. The van der Waals surface area contributed by atoms with Crippen LogP contribution in [0.2, 0.25) is 0 Å². The standard InChI is InChI=1S/C72H128O6/c1-4-7-10-13-16-19-22-25-27-29-30-31-32-33-34-35-36-37-38-39-40-41-42-43-45-47-50-53-56-59-62-65-71(74)77-68-69(67-76-70(73)64-61-58-55-52-49-46-24-21-18-15-12-9-6-3)78-72(75)66-63-60-57-54-51-48-44-28-26-23-20-17-14-11-8-5-2/h12,15,21-22,24-25,28-30,32-33,44,69H,4-11,13-14,16-20,23,26-27,31,34-43,45-68H2,1-3H3/b15-12-,24-21-,25-22-,30-29-,33-32-,44-28-. The largest absolute Gasteiger partial charge is 0.462 e.